The highest BCUT2D eigenvalue weighted by atomic mass is 127. The van der Waals surface area contributed by atoms with E-state index in [2.05, 4.69) is 52.7 Å². The van der Waals surface area contributed by atoms with Crippen LogP contribution in [0.25, 0.3) is 0 Å². The summed E-state index contributed by atoms with van der Waals surface area (Å²) in [5.41, 5.74) is 7.23. The van der Waals surface area contributed by atoms with Gasteiger partial charge in [-0.3, -0.25) is 0 Å². The summed E-state index contributed by atoms with van der Waals surface area (Å²) in [7, 11) is 0. The Morgan fingerprint density at radius 2 is 2.13 bits per heavy atom. The van der Waals surface area contributed by atoms with Crippen LogP contribution >= 0.6 is 24.0 Å². The number of aliphatic imine (C=N–C) groups is 1. The van der Waals surface area contributed by atoms with Crippen molar-refractivity contribution in [2.75, 3.05) is 31.1 Å². The number of guanidine groups is 1. The highest BCUT2D eigenvalue weighted by Gasteiger charge is 2.17. The van der Waals surface area contributed by atoms with E-state index in [4.69, 9.17) is 5.73 Å². The molecule has 0 saturated carbocycles. The lowest BCUT2D eigenvalue weighted by molar-refractivity contribution is 0.270. The summed E-state index contributed by atoms with van der Waals surface area (Å²) in [5, 5.41) is 0. The van der Waals surface area contributed by atoms with E-state index < -0.39 is 0 Å². The number of hydrogen-bond donors (Lipinski definition) is 1. The first-order valence-corrected chi connectivity index (χ1v) is 8.38. The summed E-state index contributed by atoms with van der Waals surface area (Å²) >= 11 is 0. The maximum atomic E-state index is 6.13. The quantitative estimate of drug-likeness (QED) is 0.442. The van der Waals surface area contributed by atoms with Crippen molar-refractivity contribution >= 4 is 35.8 Å². The van der Waals surface area contributed by atoms with Crippen molar-refractivity contribution in [1.82, 2.24) is 9.88 Å². The van der Waals surface area contributed by atoms with E-state index in [1.54, 1.807) is 0 Å². The van der Waals surface area contributed by atoms with Gasteiger partial charge in [-0.2, -0.15) is 0 Å². The van der Waals surface area contributed by atoms with Crippen LogP contribution in [0.15, 0.2) is 23.3 Å². The molecule has 0 aliphatic carbocycles. The number of hydrogen-bond acceptors (Lipinski definition) is 3. The van der Waals surface area contributed by atoms with E-state index >= 15 is 0 Å². The molecule has 0 spiro atoms. The number of rotatable bonds is 5. The second-order valence-corrected chi connectivity index (χ2v) is 6.06. The molecule has 1 fully saturated rings. The summed E-state index contributed by atoms with van der Waals surface area (Å²) in [6.07, 6.45) is 4.40. The van der Waals surface area contributed by atoms with Crippen LogP contribution in [0.5, 0.6) is 0 Å². The molecule has 130 valence electrons. The first-order valence-electron chi connectivity index (χ1n) is 8.38. The summed E-state index contributed by atoms with van der Waals surface area (Å²) in [4.78, 5) is 13.5. The van der Waals surface area contributed by atoms with E-state index in [9.17, 15) is 0 Å². The third kappa shape index (κ3) is 5.82. The second kappa shape index (κ2) is 9.95. The van der Waals surface area contributed by atoms with E-state index in [0.29, 0.717) is 18.4 Å². The SMILES string of the molecule is CCN(CC)c1ccc(CN=C(N)N2CCCC(C)C2)cn1.I. The number of nitrogens with two attached hydrogens (primary N) is 1. The van der Waals surface area contributed by atoms with Crippen LogP contribution in [0.3, 0.4) is 0 Å². The minimum absolute atomic E-state index is 0. The average Bonchev–Trinajstić information content (AvgIpc) is 2.55. The zero-order chi connectivity index (χ0) is 15.9. The van der Waals surface area contributed by atoms with Gasteiger partial charge in [0.1, 0.15) is 5.82 Å². The molecule has 2 N–H and O–H groups in total. The van der Waals surface area contributed by atoms with Crippen molar-refractivity contribution in [3.8, 4) is 0 Å². The average molecular weight is 431 g/mol. The van der Waals surface area contributed by atoms with Gasteiger partial charge in [-0.1, -0.05) is 13.0 Å². The van der Waals surface area contributed by atoms with E-state index in [1.165, 1.54) is 12.8 Å². The first-order chi connectivity index (χ1) is 10.6. The van der Waals surface area contributed by atoms with E-state index in [1.807, 2.05) is 6.20 Å². The van der Waals surface area contributed by atoms with Gasteiger partial charge in [0.05, 0.1) is 6.54 Å². The lowest BCUT2D eigenvalue weighted by Gasteiger charge is -2.31. The molecule has 0 aromatic carbocycles. The fraction of sp³-hybridized carbons (Fsp3) is 0.647. The molecule has 1 aromatic heterocycles. The van der Waals surface area contributed by atoms with Crippen LogP contribution in [0.4, 0.5) is 5.82 Å². The molecule has 1 aliphatic rings. The number of pyridine rings is 1. The Morgan fingerprint density at radius 3 is 2.70 bits per heavy atom. The number of aromatic nitrogens is 1. The summed E-state index contributed by atoms with van der Waals surface area (Å²) < 4.78 is 0. The standard InChI is InChI=1S/C17H29N5.HI/c1-4-21(5-2)16-9-8-15(11-19-16)12-20-17(18)22-10-6-7-14(3)13-22;/h8-9,11,14H,4-7,10,12-13H2,1-3H3,(H2,18,20);1H. The number of likely N-dealkylation sites (tertiary alicyclic amines) is 1. The van der Waals surface area contributed by atoms with E-state index in [-0.39, 0.29) is 24.0 Å². The lowest BCUT2D eigenvalue weighted by atomic mass is 10.0. The maximum absolute atomic E-state index is 6.13. The van der Waals surface area contributed by atoms with Gasteiger partial charge in [0.2, 0.25) is 0 Å². The zero-order valence-corrected chi connectivity index (χ0v) is 16.9. The lowest BCUT2D eigenvalue weighted by Crippen LogP contribution is -2.43. The van der Waals surface area contributed by atoms with Gasteiger partial charge in [0.15, 0.2) is 5.96 Å². The van der Waals surface area contributed by atoms with Gasteiger partial charge < -0.3 is 15.5 Å². The Bertz CT molecular complexity index is 484. The molecule has 1 aliphatic heterocycles. The molecule has 1 unspecified atom stereocenters. The Balaban J connectivity index is 0.00000264. The van der Waals surface area contributed by atoms with Gasteiger partial charge in [-0.15, -0.1) is 24.0 Å². The molecule has 0 bridgehead atoms. The fourth-order valence-corrected chi connectivity index (χ4v) is 2.91. The van der Waals surface area contributed by atoms with Crippen molar-refractivity contribution in [2.24, 2.45) is 16.6 Å². The summed E-state index contributed by atoms with van der Waals surface area (Å²) in [6.45, 7) is 11.2. The molecule has 1 atom stereocenters. The predicted octanol–water partition coefficient (Wildman–Crippen LogP) is 3.09. The van der Waals surface area contributed by atoms with Crippen molar-refractivity contribution in [3.05, 3.63) is 23.9 Å². The highest BCUT2D eigenvalue weighted by Crippen LogP contribution is 2.15. The van der Waals surface area contributed by atoms with Crippen LogP contribution in [-0.4, -0.2) is 42.0 Å². The van der Waals surface area contributed by atoms with Gasteiger partial charge in [0.25, 0.3) is 0 Å². The third-order valence-electron chi connectivity index (χ3n) is 4.30. The topological polar surface area (TPSA) is 57.8 Å². The molecule has 23 heavy (non-hydrogen) atoms. The molecule has 0 amide bonds. The monoisotopic (exact) mass is 431 g/mol. The van der Waals surface area contributed by atoms with Crippen LogP contribution < -0.4 is 10.6 Å². The number of halogens is 1. The Morgan fingerprint density at radius 1 is 1.39 bits per heavy atom. The Labute approximate surface area is 157 Å². The predicted molar refractivity (Wildman–Crippen MR) is 109 cm³/mol. The summed E-state index contributed by atoms with van der Waals surface area (Å²) in [5.74, 6) is 2.40. The molecule has 1 aromatic rings. The third-order valence-corrected chi connectivity index (χ3v) is 4.30. The second-order valence-electron chi connectivity index (χ2n) is 6.06. The molecule has 2 heterocycles. The van der Waals surface area contributed by atoms with Gasteiger partial charge in [-0.25, -0.2) is 9.98 Å². The Hall–Kier alpha value is -1.05. The number of nitrogens with zero attached hydrogens (tertiary/aromatic N) is 4. The minimum Gasteiger partial charge on any atom is -0.370 e. The Kier molecular flexibility index (Phi) is 8.65. The molecular formula is C17H30IN5. The maximum Gasteiger partial charge on any atom is 0.191 e. The number of piperidine rings is 1. The molecular weight excluding hydrogens is 401 g/mol. The van der Waals surface area contributed by atoms with Crippen molar-refractivity contribution in [2.45, 2.75) is 40.2 Å². The van der Waals surface area contributed by atoms with Crippen molar-refractivity contribution < 1.29 is 0 Å². The van der Waals surface area contributed by atoms with Crippen molar-refractivity contribution in [1.29, 1.82) is 0 Å². The van der Waals surface area contributed by atoms with Crippen LogP contribution in [0.1, 0.15) is 39.2 Å². The molecule has 1 saturated heterocycles. The first kappa shape index (κ1) is 20.0. The van der Waals surface area contributed by atoms with Gasteiger partial charge in [0, 0.05) is 32.4 Å². The van der Waals surface area contributed by atoms with Gasteiger partial charge >= 0.3 is 0 Å². The van der Waals surface area contributed by atoms with Crippen molar-refractivity contribution in [3.63, 3.8) is 0 Å². The van der Waals surface area contributed by atoms with Crippen LogP contribution in [-0.2, 0) is 6.54 Å². The smallest absolute Gasteiger partial charge is 0.191 e. The normalized spacial score (nSPS) is 18.5. The summed E-state index contributed by atoms with van der Waals surface area (Å²) in [6, 6.07) is 4.16. The number of anilines is 1. The molecule has 5 nitrogen and oxygen atoms in total. The van der Waals surface area contributed by atoms with Gasteiger partial charge in [-0.05, 0) is 44.2 Å². The molecule has 0 radical (unpaired) electrons. The highest BCUT2D eigenvalue weighted by molar-refractivity contribution is 14.0. The van der Waals surface area contributed by atoms with Crippen LogP contribution in [0, 0.1) is 5.92 Å². The molecule has 2 rings (SSSR count). The molecule has 6 heteroatoms. The minimum atomic E-state index is 0. The fourth-order valence-electron chi connectivity index (χ4n) is 2.91. The van der Waals surface area contributed by atoms with E-state index in [0.717, 1.165) is 37.6 Å². The largest absolute Gasteiger partial charge is 0.370 e. The van der Waals surface area contributed by atoms with Crippen LogP contribution in [0.2, 0.25) is 0 Å². The zero-order valence-electron chi connectivity index (χ0n) is 14.5.